The summed E-state index contributed by atoms with van der Waals surface area (Å²) in [5, 5.41) is 21.1. The van der Waals surface area contributed by atoms with Gasteiger partial charge in [0.2, 0.25) is 10.0 Å². The van der Waals surface area contributed by atoms with E-state index in [-0.39, 0.29) is 44.8 Å². The third kappa shape index (κ3) is 6.23. The Morgan fingerprint density at radius 2 is 1.38 bits per heavy atom. The second-order valence-electron chi connectivity index (χ2n) is 11.5. The van der Waals surface area contributed by atoms with Gasteiger partial charge in [-0.2, -0.15) is 4.31 Å². The van der Waals surface area contributed by atoms with Crippen molar-refractivity contribution in [3.8, 4) is 17.2 Å². The van der Waals surface area contributed by atoms with E-state index in [1.54, 1.807) is 18.2 Å². The van der Waals surface area contributed by atoms with Crippen LogP contribution in [0.5, 0.6) is 17.2 Å². The van der Waals surface area contributed by atoms with Gasteiger partial charge in [-0.3, -0.25) is 4.31 Å². The molecule has 0 amide bonds. The summed E-state index contributed by atoms with van der Waals surface area (Å²) in [6.45, 7) is -0.0931. The molecule has 3 unspecified atom stereocenters. The lowest BCUT2D eigenvalue weighted by Gasteiger charge is -2.29. The van der Waals surface area contributed by atoms with Crippen LogP contribution in [0, 0.1) is 5.92 Å². The maximum Gasteiger partial charge on any atom is 0.268 e. The molecule has 3 atom stereocenters. The van der Waals surface area contributed by atoms with Gasteiger partial charge in [0.15, 0.2) is 11.5 Å². The average Bonchev–Trinajstić information content (AvgIpc) is 3.63. The van der Waals surface area contributed by atoms with E-state index < -0.39 is 53.3 Å². The molecule has 0 saturated carbocycles. The lowest BCUT2D eigenvalue weighted by atomic mass is 9.88. The molecule has 6 rings (SSSR count). The fourth-order valence-electron chi connectivity index (χ4n) is 6.50. The lowest BCUT2D eigenvalue weighted by Crippen LogP contribution is -2.41. The number of nitrogens with zero attached hydrogens (tertiary/aromatic N) is 2. The molecular formula is C32H28Cl4N2O7S2. The Labute approximate surface area is 292 Å². The molecule has 1 fully saturated rings. The van der Waals surface area contributed by atoms with E-state index in [1.807, 2.05) is 30.3 Å². The molecule has 2 N–H and O–H groups in total. The molecule has 4 aromatic rings. The number of fused-ring (bicyclic) bond motifs is 1. The van der Waals surface area contributed by atoms with Gasteiger partial charge in [-0.25, -0.2) is 16.8 Å². The van der Waals surface area contributed by atoms with Crippen LogP contribution in [-0.4, -0.2) is 57.6 Å². The number of sulfonamides is 2. The van der Waals surface area contributed by atoms with Crippen LogP contribution >= 0.6 is 46.4 Å². The Hall–Kier alpha value is -2.90. The van der Waals surface area contributed by atoms with Gasteiger partial charge in [0, 0.05) is 35.1 Å². The van der Waals surface area contributed by atoms with E-state index in [4.69, 9.17) is 51.1 Å². The number of hydrogen-bond donors (Lipinski definition) is 2. The van der Waals surface area contributed by atoms with E-state index in [1.165, 1.54) is 23.5 Å². The summed E-state index contributed by atoms with van der Waals surface area (Å²) >= 11 is 24.6. The Morgan fingerprint density at radius 1 is 0.787 bits per heavy atom. The van der Waals surface area contributed by atoms with E-state index >= 15 is 0 Å². The number of phenols is 2. The van der Waals surface area contributed by atoms with Crippen molar-refractivity contribution in [3.05, 3.63) is 104 Å². The molecule has 0 bridgehead atoms. The topological polar surface area (TPSA) is 124 Å². The van der Waals surface area contributed by atoms with Crippen molar-refractivity contribution in [1.29, 1.82) is 0 Å². The maximum atomic E-state index is 14.4. The summed E-state index contributed by atoms with van der Waals surface area (Å²) in [5.74, 6) is -1.71. The van der Waals surface area contributed by atoms with Crippen molar-refractivity contribution in [2.75, 3.05) is 24.5 Å². The van der Waals surface area contributed by atoms with Crippen LogP contribution in [0.2, 0.25) is 20.1 Å². The third-order valence-corrected chi connectivity index (χ3v) is 13.3. The first-order chi connectivity index (χ1) is 22.2. The van der Waals surface area contributed by atoms with Crippen molar-refractivity contribution < 1.29 is 31.8 Å². The minimum Gasteiger partial charge on any atom is -0.505 e. The number of phenolic OH excluding ortho intramolecular Hbond substituents is 2. The molecule has 2 heterocycles. The minimum absolute atomic E-state index is 0.00822. The minimum atomic E-state index is -4.46. The predicted octanol–water partition coefficient (Wildman–Crippen LogP) is 7.33. The molecule has 0 spiro atoms. The molecule has 4 aromatic carbocycles. The first kappa shape index (κ1) is 34.0. The monoisotopic (exact) mass is 756 g/mol. The highest BCUT2D eigenvalue weighted by atomic mass is 35.5. The van der Waals surface area contributed by atoms with Crippen molar-refractivity contribution in [2.24, 2.45) is 5.92 Å². The summed E-state index contributed by atoms with van der Waals surface area (Å²) in [4.78, 5) is -0.944. The molecule has 0 aliphatic carbocycles. The first-order valence-electron chi connectivity index (χ1n) is 14.3. The first-order valence-corrected chi connectivity index (χ1v) is 18.7. The van der Waals surface area contributed by atoms with Gasteiger partial charge in [-0.15, -0.1) is 0 Å². The zero-order valence-electron chi connectivity index (χ0n) is 24.6. The van der Waals surface area contributed by atoms with E-state index in [0.29, 0.717) is 24.2 Å². The maximum absolute atomic E-state index is 14.4. The van der Waals surface area contributed by atoms with E-state index in [9.17, 15) is 27.0 Å². The second-order valence-corrected chi connectivity index (χ2v) is 16.8. The number of benzene rings is 4. The zero-order chi connectivity index (χ0) is 33.8. The zero-order valence-corrected chi connectivity index (χ0v) is 29.3. The largest absolute Gasteiger partial charge is 0.505 e. The molecule has 1 saturated heterocycles. The Bertz CT molecular complexity index is 2080. The van der Waals surface area contributed by atoms with Crippen molar-refractivity contribution in [3.63, 3.8) is 0 Å². The normalized spacial score (nSPS) is 20.0. The third-order valence-electron chi connectivity index (χ3n) is 8.62. The van der Waals surface area contributed by atoms with Crippen molar-refractivity contribution >= 4 is 72.1 Å². The molecule has 0 radical (unpaired) electrons. The average molecular weight is 759 g/mol. The number of aromatic hydroxyl groups is 2. The summed E-state index contributed by atoms with van der Waals surface area (Å²) in [7, 11) is -7.42. The molecule has 9 nitrogen and oxygen atoms in total. The number of ether oxygens (including phenoxy) is 1. The highest BCUT2D eigenvalue weighted by molar-refractivity contribution is 7.93. The van der Waals surface area contributed by atoms with Crippen molar-refractivity contribution in [1.82, 2.24) is 4.31 Å². The fraction of sp³-hybridized carbons (Fsp3) is 0.250. The number of halogens is 4. The molecule has 248 valence electrons. The van der Waals surface area contributed by atoms with Crippen LogP contribution in [0.1, 0.15) is 23.5 Å². The van der Waals surface area contributed by atoms with Gasteiger partial charge in [-0.1, -0.05) is 76.7 Å². The summed E-state index contributed by atoms with van der Waals surface area (Å²) < 4.78 is 65.1. The predicted molar refractivity (Wildman–Crippen MR) is 182 cm³/mol. The van der Waals surface area contributed by atoms with Crippen LogP contribution in [0.15, 0.2) is 82.6 Å². The highest BCUT2D eigenvalue weighted by Crippen LogP contribution is 2.50. The van der Waals surface area contributed by atoms with Gasteiger partial charge in [0.1, 0.15) is 15.5 Å². The SMILES string of the molecule is COc1ccc2c(c1)C(C1CC(Cc3ccccc3)CN1S(=O)(=O)c1cc(Cl)cc(Cl)c1O)CN2S(=O)(=O)c1cc(Cl)cc(Cl)c1O. The number of methoxy groups -OCH3 is 1. The number of anilines is 1. The number of hydrogen-bond acceptors (Lipinski definition) is 7. The number of rotatable bonds is 8. The molecule has 2 aliphatic heterocycles. The molecule has 47 heavy (non-hydrogen) atoms. The van der Waals surface area contributed by atoms with E-state index in [2.05, 4.69) is 0 Å². The Morgan fingerprint density at radius 3 is 1.98 bits per heavy atom. The molecular weight excluding hydrogens is 730 g/mol. The molecule has 15 heteroatoms. The van der Waals surface area contributed by atoms with Gasteiger partial charge >= 0.3 is 0 Å². The molecule has 0 aromatic heterocycles. The Kier molecular flexibility index (Phi) is 9.29. The fourth-order valence-corrected chi connectivity index (χ4v) is 11.3. The summed E-state index contributed by atoms with van der Waals surface area (Å²) in [5.41, 5.74) is 1.82. The van der Waals surface area contributed by atoms with Crippen molar-refractivity contribution in [2.45, 2.75) is 34.6 Å². The van der Waals surface area contributed by atoms with Gasteiger partial charge in [0.25, 0.3) is 10.0 Å². The smallest absolute Gasteiger partial charge is 0.268 e. The second kappa shape index (κ2) is 12.9. The van der Waals surface area contributed by atoms with Gasteiger partial charge in [0.05, 0.1) is 22.8 Å². The van der Waals surface area contributed by atoms with Crippen LogP contribution in [0.3, 0.4) is 0 Å². The molecule has 2 aliphatic rings. The standard InChI is InChI=1S/C32H28Cl4N2O7S2/c1-45-22-7-8-27-23(15-22)24(17-38(27)47(43,44)30-14-21(34)12-26(36)32(30)40)28-10-19(9-18-5-3-2-4-6-18)16-37(28)46(41,42)29-13-20(33)11-25(35)31(29)39/h2-8,11-15,19,24,28,39-40H,9-10,16-17H2,1H3. The van der Waals surface area contributed by atoms with Crippen LogP contribution in [-0.2, 0) is 26.5 Å². The Balaban J connectivity index is 1.48. The highest BCUT2D eigenvalue weighted by Gasteiger charge is 2.50. The van der Waals surface area contributed by atoms with Gasteiger partial charge < -0.3 is 14.9 Å². The summed E-state index contributed by atoms with van der Waals surface area (Å²) in [6.07, 6.45) is 0.923. The van der Waals surface area contributed by atoms with Crippen LogP contribution < -0.4 is 9.04 Å². The van der Waals surface area contributed by atoms with Crippen LogP contribution in [0.25, 0.3) is 0 Å². The van der Waals surface area contributed by atoms with E-state index in [0.717, 1.165) is 22.0 Å². The summed E-state index contributed by atoms with van der Waals surface area (Å²) in [6, 6.07) is 18.5. The lowest BCUT2D eigenvalue weighted by molar-refractivity contribution is 0.345. The van der Waals surface area contributed by atoms with Gasteiger partial charge in [-0.05, 0) is 72.4 Å². The quantitative estimate of drug-likeness (QED) is 0.193. The van der Waals surface area contributed by atoms with Crippen LogP contribution in [0.4, 0.5) is 5.69 Å².